The molecule has 2 heterocycles. The number of halogens is 1. The van der Waals surface area contributed by atoms with E-state index in [1.54, 1.807) is 38.4 Å². The van der Waals surface area contributed by atoms with Crippen molar-refractivity contribution >= 4 is 35.4 Å². The molecule has 5 rings (SSSR count). The van der Waals surface area contributed by atoms with E-state index in [4.69, 9.17) is 14.7 Å². The molecular weight excluding hydrogens is 461 g/mol. The lowest BCUT2D eigenvalue weighted by Gasteiger charge is -2.39. The van der Waals surface area contributed by atoms with Gasteiger partial charge in [0, 0.05) is 30.9 Å². The van der Waals surface area contributed by atoms with E-state index < -0.39 is 0 Å². The molecule has 2 atom stereocenters. The molecular formula is C26H30FN7O2. The lowest BCUT2D eigenvalue weighted by molar-refractivity contribution is -0.119. The molecule has 0 saturated heterocycles. The molecule has 1 aliphatic carbocycles. The van der Waals surface area contributed by atoms with E-state index in [1.165, 1.54) is 6.07 Å². The first-order chi connectivity index (χ1) is 17.5. The van der Waals surface area contributed by atoms with Crippen molar-refractivity contribution in [3.63, 3.8) is 0 Å². The second-order valence-corrected chi connectivity index (χ2v) is 9.16. The number of nitrogens with zero attached hydrogens (tertiary/aromatic N) is 4. The highest BCUT2D eigenvalue weighted by Crippen LogP contribution is 2.32. The Kier molecular flexibility index (Phi) is 6.84. The molecule has 10 heteroatoms. The third-order valence-corrected chi connectivity index (χ3v) is 6.67. The summed E-state index contributed by atoms with van der Waals surface area (Å²) in [6.45, 7) is 1.55. The average molecular weight is 492 g/mol. The van der Waals surface area contributed by atoms with Gasteiger partial charge in [0.15, 0.2) is 6.17 Å². The van der Waals surface area contributed by atoms with Crippen LogP contribution in [0.15, 0.2) is 63.5 Å². The van der Waals surface area contributed by atoms with Gasteiger partial charge in [-0.3, -0.25) is 4.79 Å². The number of carbonyl (C=O) groups is 1. The molecule has 3 aliphatic rings. The molecule has 0 bridgehead atoms. The van der Waals surface area contributed by atoms with Crippen LogP contribution in [0.5, 0.6) is 5.75 Å². The molecule has 1 saturated carbocycles. The number of carbonyl (C=O) groups excluding carboxylic acids is 1. The summed E-state index contributed by atoms with van der Waals surface area (Å²) in [4.78, 5) is 27.9. The molecule has 0 spiro atoms. The molecule has 2 aliphatic heterocycles. The van der Waals surface area contributed by atoms with E-state index in [9.17, 15) is 9.18 Å². The van der Waals surface area contributed by atoms with E-state index in [2.05, 4.69) is 25.8 Å². The van der Waals surface area contributed by atoms with Crippen molar-refractivity contribution in [2.24, 2.45) is 15.0 Å². The number of fused-ring (bicyclic) bond motifs is 1. The molecule has 188 valence electrons. The fourth-order valence-corrected chi connectivity index (χ4v) is 4.94. The Bertz CT molecular complexity index is 1190. The second kappa shape index (κ2) is 10.3. The normalized spacial score (nSPS) is 24.9. The predicted octanol–water partition coefficient (Wildman–Crippen LogP) is 3.61. The average Bonchev–Trinajstić information content (AvgIpc) is 3.23. The van der Waals surface area contributed by atoms with Gasteiger partial charge in [-0.2, -0.15) is 0 Å². The molecule has 0 aromatic heterocycles. The summed E-state index contributed by atoms with van der Waals surface area (Å²) in [6.07, 6.45) is 4.93. The fraction of sp³-hybridized carbons (Fsp3) is 0.385. The van der Waals surface area contributed by atoms with Gasteiger partial charge in [-0.25, -0.2) is 19.4 Å². The number of methoxy groups -OCH3 is 1. The first kappa shape index (κ1) is 23.8. The Morgan fingerprint density at radius 3 is 2.47 bits per heavy atom. The summed E-state index contributed by atoms with van der Waals surface area (Å²) < 4.78 is 19.7. The molecule has 9 nitrogen and oxygen atoms in total. The maximum Gasteiger partial charge on any atom is 0.224 e. The maximum absolute atomic E-state index is 14.5. The Morgan fingerprint density at radius 2 is 1.78 bits per heavy atom. The van der Waals surface area contributed by atoms with Gasteiger partial charge in [0.2, 0.25) is 17.8 Å². The van der Waals surface area contributed by atoms with Crippen molar-refractivity contribution in [1.29, 1.82) is 0 Å². The minimum absolute atomic E-state index is 0.00880. The number of ether oxygens (including phenoxy) is 1. The number of para-hydroxylation sites is 1. The monoisotopic (exact) mass is 491 g/mol. The summed E-state index contributed by atoms with van der Waals surface area (Å²) >= 11 is 0. The third kappa shape index (κ3) is 5.17. The van der Waals surface area contributed by atoms with E-state index >= 15 is 0 Å². The van der Waals surface area contributed by atoms with Crippen LogP contribution in [0.25, 0.3) is 0 Å². The van der Waals surface area contributed by atoms with Crippen molar-refractivity contribution in [1.82, 2.24) is 10.2 Å². The summed E-state index contributed by atoms with van der Waals surface area (Å²) in [5, 5.41) is 9.49. The third-order valence-electron chi connectivity index (χ3n) is 6.67. The predicted molar refractivity (Wildman–Crippen MR) is 139 cm³/mol. The Labute approximate surface area is 209 Å². The van der Waals surface area contributed by atoms with E-state index in [-0.39, 0.29) is 36.0 Å². The van der Waals surface area contributed by atoms with Crippen molar-refractivity contribution in [2.75, 3.05) is 17.7 Å². The number of hydrogen-bond donors (Lipinski definition) is 3. The standard InChI is InChI=1S/C26H30FN7O2/c1-16(35)29-17-7-11-19(12-8-17)34-24-23(32-26(34)31-22-6-4-3-5-21(22)27)15-28-25(33-24)30-18-9-13-20(36-2)14-10-18/h3-6,9-10,13-15,17,19,23-24H,7-8,11-12H2,1-2H3,(H,29,35)(H,30,33)(H,31,32). The zero-order valence-electron chi connectivity index (χ0n) is 20.3. The molecule has 36 heavy (non-hydrogen) atoms. The quantitative estimate of drug-likeness (QED) is 0.593. The van der Waals surface area contributed by atoms with Gasteiger partial charge in [-0.1, -0.05) is 12.1 Å². The van der Waals surface area contributed by atoms with Crippen LogP contribution < -0.4 is 20.7 Å². The minimum Gasteiger partial charge on any atom is -0.497 e. The van der Waals surface area contributed by atoms with Crippen molar-refractivity contribution in [3.8, 4) is 5.75 Å². The number of guanidine groups is 2. The first-order valence-electron chi connectivity index (χ1n) is 12.2. The van der Waals surface area contributed by atoms with Gasteiger partial charge in [0.25, 0.3) is 0 Å². The number of rotatable bonds is 5. The number of nitrogens with one attached hydrogen (secondary N) is 3. The van der Waals surface area contributed by atoms with Crippen molar-refractivity contribution in [2.45, 2.75) is 56.9 Å². The summed E-state index contributed by atoms with van der Waals surface area (Å²) in [7, 11) is 1.63. The highest BCUT2D eigenvalue weighted by Gasteiger charge is 2.42. The smallest absolute Gasteiger partial charge is 0.224 e. The highest BCUT2D eigenvalue weighted by molar-refractivity contribution is 6.04. The van der Waals surface area contributed by atoms with Gasteiger partial charge in [0.1, 0.15) is 17.6 Å². The molecule has 2 aromatic carbocycles. The Hall–Kier alpha value is -3.95. The van der Waals surface area contributed by atoms with Crippen LogP contribution in [-0.4, -0.2) is 60.3 Å². The molecule has 2 aromatic rings. The minimum atomic E-state index is -0.344. The molecule has 1 fully saturated rings. The van der Waals surface area contributed by atoms with Crippen LogP contribution in [0.1, 0.15) is 32.6 Å². The summed E-state index contributed by atoms with van der Waals surface area (Å²) in [5.41, 5.74) is 1.21. The second-order valence-electron chi connectivity index (χ2n) is 9.16. The Morgan fingerprint density at radius 1 is 1.03 bits per heavy atom. The van der Waals surface area contributed by atoms with E-state index in [1.807, 2.05) is 24.3 Å². The van der Waals surface area contributed by atoms with Crippen molar-refractivity contribution < 1.29 is 13.9 Å². The van der Waals surface area contributed by atoms with Crippen LogP contribution in [0.4, 0.5) is 15.8 Å². The topological polar surface area (TPSA) is 103 Å². The number of aliphatic imine (C=N–C) groups is 3. The lowest BCUT2D eigenvalue weighted by atomic mass is 9.89. The SMILES string of the molecule is COc1ccc(NC2=NC3C(C=N2)N=C(Nc2ccccc2F)N3C2CCC(NC(C)=O)CC2)cc1. The van der Waals surface area contributed by atoms with E-state index in [0.717, 1.165) is 37.1 Å². The fourth-order valence-electron chi connectivity index (χ4n) is 4.94. The van der Waals surface area contributed by atoms with Gasteiger partial charge in [-0.15, -0.1) is 0 Å². The number of hydrogen-bond acceptors (Lipinski definition) is 8. The lowest BCUT2D eigenvalue weighted by Crippen LogP contribution is -2.52. The zero-order chi connectivity index (χ0) is 25.1. The zero-order valence-corrected chi connectivity index (χ0v) is 20.3. The van der Waals surface area contributed by atoms with Crippen LogP contribution >= 0.6 is 0 Å². The van der Waals surface area contributed by atoms with Gasteiger partial charge >= 0.3 is 0 Å². The summed E-state index contributed by atoms with van der Waals surface area (Å²) in [5.74, 6) is 1.48. The largest absolute Gasteiger partial charge is 0.497 e. The number of anilines is 2. The van der Waals surface area contributed by atoms with Crippen LogP contribution in [0.3, 0.4) is 0 Å². The first-order valence-corrected chi connectivity index (χ1v) is 12.2. The number of amides is 1. The van der Waals surface area contributed by atoms with Crippen LogP contribution in [0.2, 0.25) is 0 Å². The highest BCUT2D eigenvalue weighted by atomic mass is 19.1. The maximum atomic E-state index is 14.5. The number of benzene rings is 2. The van der Waals surface area contributed by atoms with Crippen LogP contribution in [-0.2, 0) is 4.79 Å². The van der Waals surface area contributed by atoms with Gasteiger partial charge in [0.05, 0.1) is 12.8 Å². The van der Waals surface area contributed by atoms with E-state index in [0.29, 0.717) is 17.6 Å². The molecule has 2 unspecified atom stereocenters. The molecule has 3 N–H and O–H groups in total. The van der Waals surface area contributed by atoms with Gasteiger partial charge < -0.3 is 25.6 Å². The van der Waals surface area contributed by atoms with Gasteiger partial charge in [-0.05, 0) is 62.1 Å². The van der Waals surface area contributed by atoms with Crippen LogP contribution in [0, 0.1) is 5.82 Å². The molecule has 1 amide bonds. The van der Waals surface area contributed by atoms with Crippen molar-refractivity contribution in [3.05, 3.63) is 54.3 Å². The Balaban J connectivity index is 1.38. The summed E-state index contributed by atoms with van der Waals surface area (Å²) in [6, 6.07) is 14.1. The molecule has 0 radical (unpaired) electrons.